The van der Waals surface area contributed by atoms with Gasteiger partial charge in [0.1, 0.15) is 0 Å². The summed E-state index contributed by atoms with van der Waals surface area (Å²) in [5.41, 5.74) is 0. The molecule has 0 spiro atoms. The molecule has 1 amide bonds. The molecule has 1 saturated heterocycles. The number of hydrogen-bond donors (Lipinski definition) is 1. The molecule has 1 unspecified atom stereocenters. The van der Waals surface area contributed by atoms with Crippen molar-refractivity contribution < 1.29 is 9.53 Å². The van der Waals surface area contributed by atoms with E-state index in [-0.39, 0.29) is 12.0 Å². The number of nitrogens with zero attached hydrogens (tertiary/aromatic N) is 2. The molecule has 0 bridgehead atoms. The number of amides is 1. The van der Waals surface area contributed by atoms with E-state index in [1.165, 1.54) is 12.8 Å². The molecular weight excluding hydrogens is 266 g/mol. The summed E-state index contributed by atoms with van der Waals surface area (Å²) in [5, 5.41) is 3.33. The lowest BCUT2D eigenvalue weighted by molar-refractivity contribution is -0.134. The predicted octanol–water partition coefficient (Wildman–Crippen LogP) is 0.944. The van der Waals surface area contributed by atoms with Crippen LogP contribution in [0.15, 0.2) is 0 Å². The van der Waals surface area contributed by atoms with Gasteiger partial charge in [-0.05, 0) is 38.6 Å². The molecule has 2 fully saturated rings. The van der Waals surface area contributed by atoms with E-state index in [2.05, 4.69) is 17.1 Å². The number of ether oxygens (including phenoxy) is 1. The van der Waals surface area contributed by atoms with Gasteiger partial charge in [0.05, 0.1) is 19.3 Å². The van der Waals surface area contributed by atoms with Crippen molar-refractivity contribution in [2.24, 2.45) is 5.92 Å². The maximum Gasteiger partial charge on any atom is 0.236 e. The molecule has 122 valence electrons. The number of nitrogens with one attached hydrogen (secondary N) is 1. The molecule has 0 radical (unpaired) electrons. The van der Waals surface area contributed by atoms with Crippen molar-refractivity contribution in [2.45, 2.75) is 44.8 Å². The lowest BCUT2D eigenvalue weighted by Gasteiger charge is -2.35. The molecule has 21 heavy (non-hydrogen) atoms. The lowest BCUT2D eigenvalue weighted by Crippen LogP contribution is -2.48. The highest BCUT2D eigenvalue weighted by atomic mass is 16.5. The SMILES string of the molecule is CC1CCC(N(C)C(=O)CN(C)CC2CNCCO2)CC1. The molecule has 1 aliphatic heterocycles. The Hall–Kier alpha value is -0.650. The van der Waals surface area contributed by atoms with Crippen LogP contribution in [-0.4, -0.2) is 74.7 Å². The quantitative estimate of drug-likeness (QED) is 0.820. The first-order chi connectivity index (χ1) is 10.1. The van der Waals surface area contributed by atoms with Gasteiger partial charge in [-0.3, -0.25) is 9.69 Å². The summed E-state index contributed by atoms with van der Waals surface area (Å²) in [6.45, 7) is 6.20. The Morgan fingerprint density at radius 3 is 2.57 bits per heavy atom. The molecule has 1 atom stereocenters. The average molecular weight is 297 g/mol. The first-order valence-corrected chi connectivity index (χ1v) is 8.32. The molecule has 2 rings (SSSR count). The van der Waals surface area contributed by atoms with Crippen LogP contribution >= 0.6 is 0 Å². The number of carbonyl (C=O) groups is 1. The second-order valence-electron chi connectivity index (χ2n) is 6.81. The van der Waals surface area contributed by atoms with Crippen LogP contribution in [-0.2, 0) is 9.53 Å². The van der Waals surface area contributed by atoms with E-state index < -0.39 is 0 Å². The Balaban J connectivity index is 1.71. The number of rotatable bonds is 5. The molecule has 1 N–H and O–H groups in total. The average Bonchev–Trinajstić information content (AvgIpc) is 2.48. The van der Waals surface area contributed by atoms with E-state index in [1.54, 1.807) is 0 Å². The van der Waals surface area contributed by atoms with Crippen LogP contribution in [0.4, 0.5) is 0 Å². The second kappa shape index (κ2) is 8.11. The van der Waals surface area contributed by atoms with Crippen LogP contribution in [0.25, 0.3) is 0 Å². The molecule has 1 saturated carbocycles. The van der Waals surface area contributed by atoms with E-state index in [4.69, 9.17) is 4.74 Å². The zero-order valence-electron chi connectivity index (χ0n) is 13.8. The molecule has 0 aromatic carbocycles. The van der Waals surface area contributed by atoms with Crippen molar-refractivity contribution in [3.8, 4) is 0 Å². The lowest BCUT2D eigenvalue weighted by atomic mass is 9.87. The highest BCUT2D eigenvalue weighted by Gasteiger charge is 2.25. The minimum Gasteiger partial charge on any atom is -0.374 e. The van der Waals surface area contributed by atoms with E-state index in [0.717, 1.165) is 45.0 Å². The maximum absolute atomic E-state index is 12.4. The largest absolute Gasteiger partial charge is 0.374 e. The summed E-state index contributed by atoms with van der Waals surface area (Å²) >= 11 is 0. The van der Waals surface area contributed by atoms with Crippen molar-refractivity contribution in [1.82, 2.24) is 15.1 Å². The van der Waals surface area contributed by atoms with E-state index >= 15 is 0 Å². The van der Waals surface area contributed by atoms with Crippen LogP contribution in [0.2, 0.25) is 0 Å². The van der Waals surface area contributed by atoms with Gasteiger partial charge in [-0.25, -0.2) is 0 Å². The third-order valence-electron chi connectivity index (χ3n) is 4.85. The fraction of sp³-hybridized carbons (Fsp3) is 0.938. The van der Waals surface area contributed by atoms with Gasteiger partial charge in [0.25, 0.3) is 0 Å². The van der Waals surface area contributed by atoms with Gasteiger partial charge in [-0.15, -0.1) is 0 Å². The van der Waals surface area contributed by atoms with E-state index in [1.807, 2.05) is 19.0 Å². The smallest absolute Gasteiger partial charge is 0.236 e. The number of hydrogen-bond acceptors (Lipinski definition) is 4. The van der Waals surface area contributed by atoms with Gasteiger partial charge < -0.3 is 15.0 Å². The first-order valence-electron chi connectivity index (χ1n) is 8.32. The van der Waals surface area contributed by atoms with Crippen LogP contribution in [0, 0.1) is 5.92 Å². The Bertz CT molecular complexity index is 323. The van der Waals surface area contributed by atoms with Gasteiger partial charge >= 0.3 is 0 Å². The molecule has 2 aliphatic rings. The van der Waals surface area contributed by atoms with Gasteiger partial charge in [0, 0.05) is 32.7 Å². The number of morpholine rings is 1. The summed E-state index contributed by atoms with van der Waals surface area (Å²) in [6, 6.07) is 0.440. The number of carbonyl (C=O) groups excluding carboxylic acids is 1. The van der Waals surface area contributed by atoms with E-state index in [9.17, 15) is 4.79 Å². The minimum atomic E-state index is 0.206. The molecule has 0 aromatic heterocycles. The Morgan fingerprint density at radius 2 is 1.95 bits per heavy atom. The van der Waals surface area contributed by atoms with Gasteiger partial charge in [0.2, 0.25) is 5.91 Å². The van der Waals surface area contributed by atoms with Gasteiger partial charge in [-0.2, -0.15) is 0 Å². The monoisotopic (exact) mass is 297 g/mol. The highest BCUT2D eigenvalue weighted by molar-refractivity contribution is 5.78. The summed E-state index contributed by atoms with van der Waals surface area (Å²) in [6.07, 6.45) is 5.02. The van der Waals surface area contributed by atoms with Crippen molar-refractivity contribution in [1.29, 1.82) is 0 Å². The topological polar surface area (TPSA) is 44.8 Å². The van der Waals surface area contributed by atoms with Crippen LogP contribution in [0.3, 0.4) is 0 Å². The van der Waals surface area contributed by atoms with Gasteiger partial charge in [-0.1, -0.05) is 6.92 Å². The summed E-state index contributed by atoms with van der Waals surface area (Å²) in [5.74, 6) is 1.06. The second-order valence-corrected chi connectivity index (χ2v) is 6.81. The number of likely N-dealkylation sites (N-methyl/N-ethyl adjacent to an activating group) is 2. The van der Waals surface area contributed by atoms with Crippen molar-refractivity contribution >= 4 is 5.91 Å². The van der Waals surface area contributed by atoms with Crippen molar-refractivity contribution in [2.75, 3.05) is 46.9 Å². The molecule has 1 heterocycles. The molecule has 1 aliphatic carbocycles. The predicted molar refractivity (Wildman–Crippen MR) is 84.3 cm³/mol. The molecule has 0 aromatic rings. The summed E-state index contributed by atoms with van der Waals surface area (Å²) in [4.78, 5) is 16.5. The van der Waals surface area contributed by atoms with Crippen LogP contribution < -0.4 is 5.32 Å². The highest BCUT2D eigenvalue weighted by Crippen LogP contribution is 2.26. The zero-order chi connectivity index (χ0) is 15.2. The first kappa shape index (κ1) is 16.7. The van der Waals surface area contributed by atoms with Gasteiger partial charge in [0.15, 0.2) is 0 Å². The third kappa shape index (κ3) is 5.24. The summed E-state index contributed by atoms with van der Waals surface area (Å²) < 4.78 is 5.69. The zero-order valence-corrected chi connectivity index (χ0v) is 13.8. The Labute approximate surface area is 129 Å². The van der Waals surface area contributed by atoms with Crippen molar-refractivity contribution in [3.05, 3.63) is 0 Å². The van der Waals surface area contributed by atoms with Crippen molar-refractivity contribution in [3.63, 3.8) is 0 Å². The van der Waals surface area contributed by atoms with Crippen LogP contribution in [0.5, 0.6) is 0 Å². The standard InChI is InChI=1S/C16H31N3O2/c1-13-4-6-14(7-5-13)19(3)16(20)12-18(2)11-15-10-17-8-9-21-15/h13-15,17H,4-12H2,1-3H3. The van der Waals surface area contributed by atoms with E-state index in [0.29, 0.717) is 12.6 Å². The third-order valence-corrected chi connectivity index (χ3v) is 4.85. The Morgan fingerprint density at radius 1 is 1.24 bits per heavy atom. The Kier molecular flexibility index (Phi) is 6.45. The fourth-order valence-corrected chi connectivity index (χ4v) is 3.33. The molecule has 5 nitrogen and oxygen atoms in total. The fourth-order valence-electron chi connectivity index (χ4n) is 3.33. The maximum atomic E-state index is 12.4. The minimum absolute atomic E-state index is 0.206. The van der Waals surface area contributed by atoms with Crippen LogP contribution in [0.1, 0.15) is 32.6 Å². The normalized spacial score (nSPS) is 30.4. The molecular formula is C16H31N3O2. The summed E-state index contributed by atoms with van der Waals surface area (Å²) in [7, 11) is 3.97. The molecule has 5 heteroatoms.